The van der Waals surface area contributed by atoms with E-state index >= 15 is 0 Å². The van der Waals surface area contributed by atoms with Crippen molar-refractivity contribution < 1.29 is 14.2 Å². The van der Waals surface area contributed by atoms with Gasteiger partial charge in [-0.1, -0.05) is 18.2 Å². The minimum Gasteiger partial charge on any atom is -0.400 e. The predicted molar refractivity (Wildman–Crippen MR) is 80.6 cm³/mol. The molecule has 112 valence electrons. The maximum atomic E-state index is 10.7. The first kappa shape index (κ1) is 13.1. The van der Waals surface area contributed by atoms with Crippen molar-refractivity contribution >= 4 is 16.8 Å². The summed E-state index contributed by atoms with van der Waals surface area (Å²) in [4.78, 5) is 15.0. The molecule has 2 N–H and O–H groups in total. The first-order valence-electron chi connectivity index (χ1n) is 7.36. The minimum atomic E-state index is -0.495. The van der Waals surface area contributed by atoms with E-state index in [0.717, 1.165) is 19.5 Å². The second-order valence-corrected chi connectivity index (χ2v) is 5.73. The molecule has 6 heteroatoms. The Morgan fingerprint density at radius 3 is 2.95 bits per heavy atom. The summed E-state index contributed by atoms with van der Waals surface area (Å²) < 4.78 is 5.26. The van der Waals surface area contributed by atoms with Gasteiger partial charge in [-0.3, -0.25) is 10.1 Å². The lowest BCUT2D eigenvalue weighted by atomic mass is 10.0. The standard InChI is InChI=1S/C16H15N3O3/c20-19(21)16-6-5-11(22-16)9-18-8-7-13-12-3-1-2-4-14(12)17-15(13)10-18/h1-6,17H,7-10H2/p+1. The van der Waals surface area contributed by atoms with E-state index in [0.29, 0.717) is 12.3 Å². The third kappa shape index (κ3) is 2.17. The molecule has 0 saturated carbocycles. The van der Waals surface area contributed by atoms with Crippen LogP contribution in [0.4, 0.5) is 5.88 Å². The first-order valence-corrected chi connectivity index (χ1v) is 7.36. The number of benzene rings is 1. The van der Waals surface area contributed by atoms with Crippen LogP contribution in [0.2, 0.25) is 0 Å². The molecule has 1 aliphatic rings. The van der Waals surface area contributed by atoms with Gasteiger partial charge in [0.25, 0.3) is 0 Å². The number of fused-ring (bicyclic) bond motifs is 3. The van der Waals surface area contributed by atoms with E-state index in [2.05, 4.69) is 23.2 Å². The van der Waals surface area contributed by atoms with Gasteiger partial charge in [0.1, 0.15) is 18.0 Å². The number of nitrogens with zero attached hydrogens (tertiary/aromatic N) is 1. The molecule has 6 nitrogen and oxygen atoms in total. The van der Waals surface area contributed by atoms with Crippen LogP contribution in [0, 0.1) is 10.1 Å². The number of hydrogen-bond donors (Lipinski definition) is 2. The number of aromatic amines is 1. The number of aromatic nitrogens is 1. The summed E-state index contributed by atoms with van der Waals surface area (Å²) in [5, 5.41) is 12.0. The Morgan fingerprint density at radius 1 is 1.27 bits per heavy atom. The molecule has 2 aromatic heterocycles. The van der Waals surface area contributed by atoms with Gasteiger partial charge in [-0.2, -0.15) is 0 Å². The van der Waals surface area contributed by atoms with Crippen molar-refractivity contribution in [3.63, 3.8) is 0 Å². The Bertz CT molecular complexity index is 849. The van der Waals surface area contributed by atoms with Gasteiger partial charge in [0.2, 0.25) is 0 Å². The van der Waals surface area contributed by atoms with Crippen molar-refractivity contribution in [3.05, 3.63) is 63.5 Å². The molecule has 4 rings (SSSR count). The number of nitrogens with one attached hydrogen (secondary N) is 2. The molecule has 0 spiro atoms. The zero-order valence-electron chi connectivity index (χ0n) is 12.0. The van der Waals surface area contributed by atoms with Crippen LogP contribution in [0.5, 0.6) is 0 Å². The van der Waals surface area contributed by atoms with Crippen molar-refractivity contribution in [1.29, 1.82) is 0 Å². The van der Waals surface area contributed by atoms with Crippen molar-refractivity contribution in [2.75, 3.05) is 6.54 Å². The molecule has 1 atom stereocenters. The minimum absolute atomic E-state index is 0.183. The zero-order valence-corrected chi connectivity index (χ0v) is 12.0. The van der Waals surface area contributed by atoms with Crippen LogP contribution < -0.4 is 4.90 Å². The second kappa shape index (κ2) is 4.99. The number of hydrogen-bond acceptors (Lipinski definition) is 3. The third-order valence-electron chi connectivity index (χ3n) is 4.31. The predicted octanol–water partition coefficient (Wildman–Crippen LogP) is 1.81. The molecule has 0 radical (unpaired) electrons. The summed E-state index contributed by atoms with van der Waals surface area (Å²) in [6.45, 7) is 2.56. The summed E-state index contributed by atoms with van der Waals surface area (Å²) >= 11 is 0. The summed E-state index contributed by atoms with van der Waals surface area (Å²) in [7, 11) is 0. The summed E-state index contributed by atoms with van der Waals surface area (Å²) in [6.07, 6.45) is 1.01. The fourth-order valence-corrected chi connectivity index (χ4v) is 3.29. The fraction of sp³-hybridized carbons (Fsp3) is 0.250. The van der Waals surface area contributed by atoms with E-state index in [1.807, 2.05) is 6.07 Å². The Hall–Kier alpha value is -2.60. The van der Waals surface area contributed by atoms with Gasteiger partial charge in [0.05, 0.1) is 18.3 Å². The number of nitro groups is 1. The van der Waals surface area contributed by atoms with Gasteiger partial charge in [-0.25, -0.2) is 0 Å². The lowest BCUT2D eigenvalue weighted by molar-refractivity contribution is -0.930. The SMILES string of the molecule is O=[N+]([O-])c1ccc(C[NH+]2CCc3c([nH]c4ccccc34)C2)o1. The molecule has 0 amide bonds. The Morgan fingerprint density at radius 2 is 2.14 bits per heavy atom. The van der Waals surface area contributed by atoms with Crippen LogP contribution in [0.25, 0.3) is 10.9 Å². The van der Waals surface area contributed by atoms with E-state index < -0.39 is 4.92 Å². The normalized spacial score (nSPS) is 17.5. The zero-order chi connectivity index (χ0) is 15.1. The molecule has 1 aromatic carbocycles. The molecule has 0 fully saturated rings. The second-order valence-electron chi connectivity index (χ2n) is 5.73. The van der Waals surface area contributed by atoms with Crippen LogP contribution in [0.3, 0.4) is 0 Å². The maximum Gasteiger partial charge on any atom is 0.433 e. The molecule has 3 heterocycles. The highest BCUT2D eigenvalue weighted by Gasteiger charge is 2.24. The van der Waals surface area contributed by atoms with E-state index in [9.17, 15) is 10.1 Å². The lowest BCUT2D eigenvalue weighted by Gasteiger charge is -2.23. The number of para-hydroxylation sites is 1. The Labute approximate surface area is 126 Å². The summed E-state index contributed by atoms with van der Waals surface area (Å²) in [6, 6.07) is 11.5. The molecular weight excluding hydrogens is 282 g/mol. The van der Waals surface area contributed by atoms with Crippen LogP contribution in [-0.4, -0.2) is 16.5 Å². The fourth-order valence-electron chi connectivity index (χ4n) is 3.29. The molecular formula is C16H16N3O3+. The first-order chi connectivity index (χ1) is 10.7. The van der Waals surface area contributed by atoms with Gasteiger partial charge >= 0.3 is 5.88 Å². The average molecular weight is 298 g/mol. The Kier molecular flexibility index (Phi) is 2.97. The van der Waals surface area contributed by atoms with Crippen molar-refractivity contribution in [1.82, 2.24) is 4.98 Å². The molecule has 0 aliphatic carbocycles. The molecule has 1 aliphatic heterocycles. The lowest BCUT2D eigenvalue weighted by Crippen LogP contribution is -3.10. The largest absolute Gasteiger partial charge is 0.433 e. The smallest absolute Gasteiger partial charge is 0.400 e. The maximum absolute atomic E-state index is 10.7. The van der Waals surface area contributed by atoms with Gasteiger partial charge in [-0.15, -0.1) is 0 Å². The monoisotopic (exact) mass is 298 g/mol. The average Bonchev–Trinajstić information content (AvgIpc) is 3.11. The van der Waals surface area contributed by atoms with Crippen molar-refractivity contribution in [2.24, 2.45) is 0 Å². The molecule has 3 aromatic rings. The van der Waals surface area contributed by atoms with Crippen LogP contribution in [0.15, 0.2) is 40.8 Å². The number of H-pyrrole nitrogens is 1. The highest BCUT2D eigenvalue weighted by Crippen LogP contribution is 2.23. The van der Waals surface area contributed by atoms with E-state index in [1.54, 1.807) is 6.07 Å². The number of rotatable bonds is 3. The van der Waals surface area contributed by atoms with Crippen LogP contribution in [0.1, 0.15) is 17.0 Å². The third-order valence-corrected chi connectivity index (χ3v) is 4.31. The molecule has 22 heavy (non-hydrogen) atoms. The van der Waals surface area contributed by atoms with Gasteiger partial charge in [0.15, 0.2) is 5.76 Å². The van der Waals surface area contributed by atoms with Gasteiger partial charge in [0, 0.05) is 17.3 Å². The molecule has 0 bridgehead atoms. The van der Waals surface area contributed by atoms with Gasteiger partial charge in [-0.05, 0) is 17.7 Å². The van der Waals surface area contributed by atoms with E-state index in [4.69, 9.17) is 4.42 Å². The van der Waals surface area contributed by atoms with E-state index in [1.165, 1.54) is 33.1 Å². The quantitative estimate of drug-likeness (QED) is 0.572. The summed E-state index contributed by atoms with van der Waals surface area (Å²) in [5.74, 6) is 0.485. The topological polar surface area (TPSA) is 76.5 Å². The van der Waals surface area contributed by atoms with Gasteiger partial charge < -0.3 is 14.3 Å². The molecule has 1 unspecified atom stereocenters. The van der Waals surface area contributed by atoms with Crippen molar-refractivity contribution in [3.8, 4) is 0 Å². The highest BCUT2D eigenvalue weighted by molar-refractivity contribution is 5.84. The molecule has 0 saturated heterocycles. The number of quaternary nitrogens is 1. The number of furan rings is 1. The highest BCUT2D eigenvalue weighted by atomic mass is 16.6. The summed E-state index contributed by atoms with van der Waals surface area (Å²) in [5.41, 5.74) is 3.86. The Balaban J connectivity index is 1.55. The van der Waals surface area contributed by atoms with E-state index in [-0.39, 0.29) is 5.88 Å². The van der Waals surface area contributed by atoms with Crippen LogP contribution >= 0.6 is 0 Å². The van der Waals surface area contributed by atoms with Crippen molar-refractivity contribution in [2.45, 2.75) is 19.5 Å². The van der Waals surface area contributed by atoms with Crippen LogP contribution in [-0.2, 0) is 19.5 Å².